The Balaban J connectivity index is 2.48. The number of amides is 1. The molecule has 164 valence electrons. The molecule has 0 saturated carbocycles. The topological polar surface area (TPSA) is 93.2 Å². The normalized spacial score (nSPS) is 13.3. The fourth-order valence-corrected chi connectivity index (χ4v) is 2.36. The monoisotopic (exact) mass is 408 g/mol. The molecule has 0 aliphatic rings. The maximum atomic E-state index is 12.0. The van der Waals surface area contributed by atoms with Crippen molar-refractivity contribution in [1.82, 2.24) is 16.0 Å². The van der Waals surface area contributed by atoms with Gasteiger partial charge < -0.3 is 30.2 Å². The fraction of sp³-hybridized carbons (Fsp3) is 0.619. The van der Waals surface area contributed by atoms with Gasteiger partial charge in [0, 0.05) is 13.6 Å². The van der Waals surface area contributed by atoms with Gasteiger partial charge in [0.25, 0.3) is 0 Å². The molecule has 0 bridgehead atoms. The van der Waals surface area contributed by atoms with Crippen molar-refractivity contribution in [3.05, 3.63) is 24.3 Å². The lowest BCUT2D eigenvalue weighted by atomic mass is 10.1. The van der Waals surface area contributed by atoms with Crippen LogP contribution in [0.1, 0.15) is 41.5 Å². The van der Waals surface area contributed by atoms with Crippen molar-refractivity contribution in [1.29, 1.82) is 0 Å². The van der Waals surface area contributed by atoms with E-state index in [2.05, 4.69) is 20.9 Å². The number of benzene rings is 1. The molecule has 0 aliphatic carbocycles. The van der Waals surface area contributed by atoms with E-state index >= 15 is 0 Å². The molecule has 1 aromatic rings. The molecular formula is C21H36N4O4. The molecular weight excluding hydrogens is 372 g/mol. The van der Waals surface area contributed by atoms with Crippen molar-refractivity contribution in [3.63, 3.8) is 0 Å². The van der Waals surface area contributed by atoms with Gasteiger partial charge in [-0.25, -0.2) is 4.79 Å². The third kappa shape index (κ3) is 9.91. The number of ether oxygens (including phenoxy) is 3. The Hall–Kier alpha value is -2.64. The lowest BCUT2D eigenvalue weighted by molar-refractivity contribution is 0.0474. The van der Waals surface area contributed by atoms with Crippen LogP contribution >= 0.6 is 0 Å². The molecule has 1 rings (SSSR count). The van der Waals surface area contributed by atoms with Gasteiger partial charge in [-0.1, -0.05) is 12.1 Å². The molecule has 0 radical (unpaired) electrons. The molecule has 0 aliphatic heterocycles. The number of aliphatic imine (C=N–C) groups is 1. The fourth-order valence-electron chi connectivity index (χ4n) is 2.36. The van der Waals surface area contributed by atoms with E-state index in [0.717, 1.165) is 0 Å². The highest BCUT2D eigenvalue weighted by molar-refractivity contribution is 5.79. The average Bonchev–Trinajstić information content (AvgIpc) is 2.60. The smallest absolute Gasteiger partial charge is 0.408 e. The van der Waals surface area contributed by atoms with Gasteiger partial charge in [0.15, 0.2) is 17.5 Å². The Morgan fingerprint density at radius 3 is 2.28 bits per heavy atom. The largest absolute Gasteiger partial charge is 0.493 e. The molecule has 0 saturated heterocycles. The predicted octanol–water partition coefficient (Wildman–Crippen LogP) is 2.93. The van der Waals surface area contributed by atoms with Crippen LogP contribution in [0.4, 0.5) is 4.79 Å². The number of guanidine groups is 1. The van der Waals surface area contributed by atoms with Crippen molar-refractivity contribution in [2.75, 3.05) is 27.2 Å². The molecule has 1 unspecified atom stereocenters. The van der Waals surface area contributed by atoms with Gasteiger partial charge in [-0.05, 0) is 53.7 Å². The summed E-state index contributed by atoms with van der Waals surface area (Å²) in [5, 5.41) is 9.29. The van der Waals surface area contributed by atoms with Crippen LogP contribution in [0.25, 0.3) is 0 Å². The van der Waals surface area contributed by atoms with Crippen LogP contribution in [0.5, 0.6) is 11.5 Å². The summed E-state index contributed by atoms with van der Waals surface area (Å²) in [5.74, 6) is 1.99. The second kappa shape index (κ2) is 10.8. The van der Waals surface area contributed by atoms with Gasteiger partial charge in [-0.3, -0.25) is 4.99 Å². The lowest BCUT2D eigenvalue weighted by Gasteiger charge is -2.29. The zero-order valence-electron chi connectivity index (χ0n) is 18.9. The standard InChI is InChI=1S/C21H36N4O4/c1-15(28-17-12-10-9-11-16(17)27-8)13-23-18(22-7)24-14-21(5,6)25-19(26)29-20(2,3)4/h9-12,15H,13-14H2,1-8H3,(H,25,26)(H2,22,23,24). The average molecular weight is 409 g/mol. The Bertz CT molecular complexity index is 684. The number of hydrogen-bond donors (Lipinski definition) is 3. The van der Waals surface area contributed by atoms with Crippen molar-refractivity contribution >= 4 is 12.1 Å². The maximum absolute atomic E-state index is 12.0. The number of nitrogens with one attached hydrogen (secondary N) is 3. The highest BCUT2D eigenvalue weighted by atomic mass is 16.6. The highest BCUT2D eigenvalue weighted by Crippen LogP contribution is 2.26. The molecule has 0 spiro atoms. The predicted molar refractivity (Wildman–Crippen MR) is 116 cm³/mol. The van der Waals surface area contributed by atoms with Crippen molar-refractivity contribution in [2.45, 2.75) is 58.8 Å². The SMILES string of the molecule is CN=C(NCC(C)Oc1ccccc1OC)NCC(C)(C)NC(=O)OC(C)(C)C. The third-order valence-electron chi connectivity index (χ3n) is 3.71. The summed E-state index contributed by atoms with van der Waals surface area (Å²) in [6.07, 6.45) is -0.566. The summed E-state index contributed by atoms with van der Waals surface area (Å²) >= 11 is 0. The first kappa shape index (κ1) is 24.4. The Morgan fingerprint density at radius 1 is 1.10 bits per heavy atom. The summed E-state index contributed by atoms with van der Waals surface area (Å²) in [4.78, 5) is 16.2. The number of alkyl carbamates (subject to hydrolysis) is 1. The molecule has 0 fully saturated rings. The zero-order chi connectivity index (χ0) is 22.1. The molecule has 29 heavy (non-hydrogen) atoms. The molecule has 8 nitrogen and oxygen atoms in total. The third-order valence-corrected chi connectivity index (χ3v) is 3.71. The van der Waals surface area contributed by atoms with Crippen molar-refractivity contribution < 1.29 is 19.0 Å². The molecule has 3 N–H and O–H groups in total. The maximum Gasteiger partial charge on any atom is 0.408 e. The van der Waals surface area contributed by atoms with Gasteiger partial charge in [0.05, 0.1) is 19.2 Å². The van der Waals surface area contributed by atoms with Crippen LogP contribution < -0.4 is 25.4 Å². The van der Waals surface area contributed by atoms with Crippen LogP contribution in [0, 0.1) is 0 Å². The van der Waals surface area contributed by atoms with Crippen molar-refractivity contribution in [2.24, 2.45) is 4.99 Å². The second-order valence-corrected chi connectivity index (χ2v) is 8.40. The Labute approximate surface area is 174 Å². The lowest BCUT2D eigenvalue weighted by Crippen LogP contribution is -2.54. The second-order valence-electron chi connectivity index (χ2n) is 8.40. The van der Waals surface area contributed by atoms with Crippen molar-refractivity contribution in [3.8, 4) is 11.5 Å². The number of rotatable bonds is 8. The molecule has 1 atom stereocenters. The molecule has 0 heterocycles. The number of hydrogen-bond acceptors (Lipinski definition) is 5. The first-order valence-corrected chi connectivity index (χ1v) is 9.71. The van der Waals surface area contributed by atoms with E-state index in [1.807, 2.05) is 65.8 Å². The summed E-state index contributed by atoms with van der Waals surface area (Å²) < 4.78 is 16.5. The zero-order valence-corrected chi connectivity index (χ0v) is 18.9. The summed E-state index contributed by atoms with van der Waals surface area (Å²) in [5.41, 5.74) is -1.07. The number of carbonyl (C=O) groups excluding carboxylic acids is 1. The van der Waals surface area contributed by atoms with Crippen LogP contribution in [0.2, 0.25) is 0 Å². The van der Waals surface area contributed by atoms with E-state index in [1.54, 1.807) is 14.2 Å². The van der Waals surface area contributed by atoms with Gasteiger partial charge in [-0.2, -0.15) is 0 Å². The Kier molecular flexibility index (Phi) is 9.07. The quantitative estimate of drug-likeness (QED) is 0.452. The van der Waals surface area contributed by atoms with Gasteiger partial charge in [0.1, 0.15) is 11.7 Å². The number of nitrogens with zero attached hydrogens (tertiary/aromatic N) is 1. The van der Waals surface area contributed by atoms with Gasteiger partial charge in [0.2, 0.25) is 0 Å². The molecule has 8 heteroatoms. The van der Waals surface area contributed by atoms with E-state index in [4.69, 9.17) is 14.2 Å². The van der Waals surface area contributed by atoms with Gasteiger partial charge >= 0.3 is 6.09 Å². The van der Waals surface area contributed by atoms with Crippen LogP contribution in [-0.4, -0.2) is 56.5 Å². The summed E-state index contributed by atoms with van der Waals surface area (Å²) in [7, 11) is 3.30. The first-order chi connectivity index (χ1) is 13.5. The van der Waals surface area contributed by atoms with E-state index in [1.165, 1.54) is 0 Å². The van der Waals surface area contributed by atoms with E-state index in [0.29, 0.717) is 30.5 Å². The molecule has 1 amide bonds. The van der Waals surface area contributed by atoms with E-state index in [-0.39, 0.29) is 6.10 Å². The van der Waals surface area contributed by atoms with Gasteiger partial charge in [-0.15, -0.1) is 0 Å². The Morgan fingerprint density at radius 2 is 1.72 bits per heavy atom. The first-order valence-electron chi connectivity index (χ1n) is 9.71. The van der Waals surface area contributed by atoms with Crippen LogP contribution in [-0.2, 0) is 4.74 Å². The number of para-hydroxylation sites is 2. The number of carbonyl (C=O) groups is 1. The van der Waals surface area contributed by atoms with E-state index in [9.17, 15) is 4.79 Å². The minimum Gasteiger partial charge on any atom is -0.493 e. The summed E-state index contributed by atoms with van der Waals surface area (Å²) in [6.45, 7) is 12.3. The summed E-state index contributed by atoms with van der Waals surface area (Å²) in [6, 6.07) is 7.52. The van der Waals surface area contributed by atoms with E-state index < -0.39 is 17.2 Å². The number of methoxy groups -OCH3 is 1. The van der Waals surface area contributed by atoms with Crippen LogP contribution in [0.15, 0.2) is 29.3 Å². The van der Waals surface area contributed by atoms with Crippen LogP contribution in [0.3, 0.4) is 0 Å². The molecule has 0 aromatic heterocycles. The highest BCUT2D eigenvalue weighted by Gasteiger charge is 2.24. The minimum atomic E-state index is -0.539. The molecule has 1 aromatic carbocycles. The minimum absolute atomic E-state index is 0.113.